The number of anilines is 1. The van der Waals surface area contributed by atoms with E-state index in [-0.39, 0.29) is 12.3 Å². The third kappa shape index (κ3) is 4.01. The number of benzene rings is 2. The highest BCUT2D eigenvalue weighted by Crippen LogP contribution is 2.22. The number of rotatable bonds is 6. The molecule has 132 valence electrons. The Balaban J connectivity index is 1.71. The van der Waals surface area contributed by atoms with Gasteiger partial charge >= 0.3 is 0 Å². The Labute approximate surface area is 147 Å². The summed E-state index contributed by atoms with van der Waals surface area (Å²) in [6.07, 6.45) is 0. The minimum atomic E-state index is -0.506. The predicted octanol–water partition coefficient (Wildman–Crippen LogP) is 3.12. The van der Waals surface area contributed by atoms with Crippen LogP contribution in [0.2, 0.25) is 0 Å². The van der Waals surface area contributed by atoms with Gasteiger partial charge in [0.25, 0.3) is 11.6 Å². The van der Waals surface area contributed by atoms with Crippen LogP contribution >= 0.6 is 0 Å². The number of nitro groups is 1. The topological polar surface area (TPSA) is 120 Å². The highest BCUT2D eigenvalue weighted by atomic mass is 16.6. The number of hydrogen-bond donors (Lipinski definition) is 1. The summed E-state index contributed by atoms with van der Waals surface area (Å²) >= 11 is 0. The van der Waals surface area contributed by atoms with E-state index in [0.29, 0.717) is 28.7 Å². The number of carbonyl (C=O) groups is 1. The molecular formula is C17H14N4O5. The van der Waals surface area contributed by atoms with Crippen molar-refractivity contribution in [3.05, 3.63) is 75.9 Å². The number of nitrogens with one attached hydrogen (secondary N) is 1. The van der Waals surface area contributed by atoms with E-state index in [9.17, 15) is 14.9 Å². The molecule has 1 aromatic heterocycles. The van der Waals surface area contributed by atoms with E-state index >= 15 is 0 Å². The molecule has 0 saturated heterocycles. The van der Waals surface area contributed by atoms with Gasteiger partial charge in [-0.25, -0.2) is 0 Å². The monoisotopic (exact) mass is 354 g/mol. The van der Waals surface area contributed by atoms with Crippen molar-refractivity contribution >= 4 is 17.3 Å². The number of nitro benzene ring substituents is 1. The van der Waals surface area contributed by atoms with Gasteiger partial charge < -0.3 is 14.6 Å². The minimum absolute atomic E-state index is 0.0536. The molecule has 0 aliphatic heterocycles. The SMILES string of the molecule is Cc1nc(COc2ccccc2C(=O)Nc2ccc([N+](=O)[O-])cc2)no1. The van der Waals surface area contributed by atoms with E-state index in [1.807, 2.05) is 0 Å². The first-order valence-electron chi connectivity index (χ1n) is 7.60. The number of aromatic nitrogens is 2. The fraction of sp³-hybridized carbons (Fsp3) is 0.118. The van der Waals surface area contributed by atoms with Gasteiger partial charge in [0.1, 0.15) is 5.75 Å². The van der Waals surface area contributed by atoms with Gasteiger partial charge in [-0.2, -0.15) is 4.98 Å². The van der Waals surface area contributed by atoms with E-state index in [1.54, 1.807) is 31.2 Å². The largest absolute Gasteiger partial charge is 0.485 e. The summed E-state index contributed by atoms with van der Waals surface area (Å²) in [5.74, 6) is 0.744. The first kappa shape index (κ1) is 17.1. The van der Waals surface area contributed by atoms with Gasteiger partial charge in [0.15, 0.2) is 6.61 Å². The molecule has 0 fully saturated rings. The van der Waals surface area contributed by atoms with Crippen LogP contribution in [0.3, 0.4) is 0 Å². The molecule has 0 saturated carbocycles. The van der Waals surface area contributed by atoms with Crippen molar-refractivity contribution in [2.24, 2.45) is 0 Å². The number of amides is 1. The summed E-state index contributed by atoms with van der Waals surface area (Å²) in [6.45, 7) is 1.72. The predicted molar refractivity (Wildman–Crippen MR) is 90.9 cm³/mol. The lowest BCUT2D eigenvalue weighted by Gasteiger charge is -2.10. The highest BCUT2D eigenvalue weighted by Gasteiger charge is 2.14. The average molecular weight is 354 g/mol. The summed E-state index contributed by atoms with van der Waals surface area (Å²) in [6, 6.07) is 12.3. The molecular weight excluding hydrogens is 340 g/mol. The van der Waals surface area contributed by atoms with E-state index in [2.05, 4.69) is 15.5 Å². The first-order valence-corrected chi connectivity index (χ1v) is 7.60. The summed E-state index contributed by atoms with van der Waals surface area (Å²) in [7, 11) is 0. The van der Waals surface area contributed by atoms with Crippen LogP contribution in [-0.2, 0) is 6.61 Å². The van der Waals surface area contributed by atoms with Crippen molar-refractivity contribution in [2.45, 2.75) is 13.5 Å². The zero-order chi connectivity index (χ0) is 18.5. The fourth-order valence-electron chi connectivity index (χ4n) is 2.19. The molecule has 0 aliphatic carbocycles. The summed E-state index contributed by atoms with van der Waals surface area (Å²) < 4.78 is 10.5. The standard InChI is InChI=1S/C17H14N4O5/c1-11-18-16(20-26-11)10-25-15-5-3-2-4-14(15)17(22)19-12-6-8-13(9-7-12)21(23)24/h2-9H,10H2,1H3,(H,19,22). The zero-order valence-electron chi connectivity index (χ0n) is 13.7. The smallest absolute Gasteiger partial charge is 0.269 e. The van der Waals surface area contributed by atoms with Gasteiger partial charge in [0.05, 0.1) is 10.5 Å². The second-order valence-corrected chi connectivity index (χ2v) is 5.27. The van der Waals surface area contributed by atoms with E-state index in [0.717, 1.165) is 0 Å². The summed E-state index contributed by atoms with van der Waals surface area (Å²) in [5.41, 5.74) is 0.692. The average Bonchev–Trinajstić information content (AvgIpc) is 3.06. The van der Waals surface area contributed by atoms with E-state index < -0.39 is 10.8 Å². The zero-order valence-corrected chi connectivity index (χ0v) is 13.7. The number of hydrogen-bond acceptors (Lipinski definition) is 7. The fourth-order valence-corrected chi connectivity index (χ4v) is 2.19. The van der Waals surface area contributed by atoms with Gasteiger partial charge in [0.2, 0.25) is 11.7 Å². The van der Waals surface area contributed by atoms with Gasteiger partial charge in [-0.15, -0.1) is 0 Å². The molecule has 1 N–H and O–H groups in total. The third-order valence-corrected chi connectivity index (χ3v) is 3.39. The van der Waals surface area contributed by atoms with Crippen molar-refractivity contribution in [3.8, 4) is 5.75 Å². The van der Waals surface area contributed by atoms with Crippen LogP contribution in [0.1, 0.15) is 22.1 Å². The van der Waals surface area contributed by atoms with Crippen molar-refractivity contribution < 1.29 is 19.0 Å². The maximum Gasteiger partial charge on any atom is 0.269 e. The highest BCUT2D eigenvalue weighted by molar-refractivity contribution is 6.06. The van der Waals surface area contributed by atoms with Crippen LogP contribution in [0.15, 0.2) is 53.1 Å². The van der Waals surface area contributed by atoms with Gasteiger partial charge in [-0.3, -0.25) is 14.9 Å². The summed E-state index contributed by atoms with van der Waals surface area (Å²) in [4.78, 5) is 26.7. The van der Waals surface area contributed by atoms with Gasteiger partial charge in [-0.1, -0.05) is 17.3 Å². The first-order chi connectivity index (χ1) is 12.5. The Morgan fingerprint density at radius 3 is 2.62 bits per heavy atom. The normalized spacial score (nSPS) is 10.3. The number of nitrogens with zero attached hydrogens (tertiary/aromatic N) is 3. The number of carbonyl (C=O) groups excluding carboxylic acids is 1. The Hall–Kier alpha value is -3.75. The third-order valence-electron chi connectivity index (χ3n) is 3.39. The van der Waals surface area contributed by atoms with Crippen LogP contribution in [0.5, 0.6) is 5.75 Å². The number of ether oxygens (including phenoxy) is 1. The molecule has 1 heterocycles. The maximum atomic E-state index is 12.5. The second-order valence-electron chi connectivity index (χ2n) is 5.27. The molecule has 2 aromatic carbocycles. The maximum absolute atomic E-state index is 12.5. The molecule has 0 unspecified atom stereocenters. The van der Waals surface area contributed by atoms with Crippen molar-refractivity contribution in [1.29, 1.82) is 0 Å². The molecule has 3 rings (SSSR count). The Morgan fingerprint density at radius 2 is 1.96 bits per heavy atom. The van der Waals surface area contributed by atoms with E-state index in [1.165, 1.54) is 24.3 Å². The lowest BCUT2D eigenvalue weighted by Crippen LogP contribution is -2.13. The van der Waals surface area contributed by atoms with Crippen LogP contribution < -0.4 is 10.1 Å². The molecule has 0 atom stereocenters. The van der Waals surface area contributed by atoms with Crippen LogP contribution in [-0.4, -0.2) is 21.0 Å². The molecule has 9 heteroatoms. The van der Waals surface area contributed by atoms with E-state index in [4.69, 9.17) is 9.26 Å². The lowest BCUT2D eigenvalue weighted by molar-refractivity contribution is -0.384. The van der Waals surface area contributed by atoms with Crippen LogP contribution in [0.25, 0.3) is 0 Å². The number of para-hydroxylation sites is 1. The molecule has 0 aliphatic rings. The molecule has 0 spiro atoms. The number of aryl methyl sites for hydroxylation is 1. The Kier molecular flexibility index (Phi) is 4.88. The van der Waals surface area contributed by atoms with Crippen molar-refractivity contribution in [2.75, 3.05) is 5.32 Å². The molecule has 0 bridgehead atoms. The van der Waals surface area contributed by atoms with Gasteiger partial charge in [-0.05, 0) is 24.3 Å². The summed E-state index contributed by atoms with van der Waals surface area (Å²) in [5, 5.41) is 17.1. The second kappa shape index (κ2) is 7.43. The quantitative estimate of drug-likeness (QED) is 0.533. The Bertz CT molecular complexity index is 936. The van der Waals surface area contributed by atoms with Crippen molar-refractivity contribution in [3.63, 3.8) is 0 Å². The lowest BCUT2D eigenvalue weighted by atomic mass is 10.2. The molecule has 0 radical (unpaired) electrons. The van der Waals surface area contributed by atoms with Crippen LogP contribution in [0.4, 0.5) is 11.4 Å². The Morgan fingerprint density at radius 1 is 1.23 bits per heavy atom. The molecule has 3 aromatic rings. The van der Waals surface area contributed by atoms with Gasteiger partial charge in [0, 0.05) is 24.7 Å². The molecule has 1 amide bonds. The van der Waals surface area contributed by atoms with Crippen LogP contribution in [0, 0.1) is 17.0 Å². The number of non-ortho nitro benzene ring substituents is 1. The molecule has 26 heavy (non-hydrogen) atoms. The minimum Gasteiger partial charge on any atom is -0.485 e. The van der Waals surface area contributed by atoms with Crippen molar-refractivity contribution in [1.82, 2.24) is 10.1 Å². The molecule has 9 nitrogen and oxygen atoms in total.